The summed E-state index contributed by atoms with van der Waals surface area (Å²) in [5.74, 6) is 1.04. The first-order chi connectivity index (χ1) is 12.2. The highest BCUT2D eigenvalue weighted by Crippen LogP contribution is 2.26. The second-order valence-corrected chi connectivity index (χ2v) is 6.98. The molecule has 4 nitrogen and oxygen atoms in total. The van der Waals surface area contributed by atoms with Crippen LogP contribution >= 0.6 is 0 Å². The maximum atomic E-state index is 12.7. The van der Waals surface area contributed by atoms with Crippen LogP contribution in [0.25, 0.3) is 10.9 Å². The summed E-state index contributed by atoms with van der Waals surface area (Å²) in [6.07, 6.45) is 10.7. The van der Waals surface area contributed by atoms with Gasteiger partial charge in [-0.05, 0) is 69.9 Å². The van der Waals surface area contributed by atoms with Gasteiger partial charge >= 0.3 is 0 Å². The van der Waals surface area contributed by atoms with Crippen molar-refractivity contribution in [3.63, 3.8) is 0 Å². The van der Waals surface area contributed by atoms with Crippen LogP contribution in [0.3, 0.4) is 0 Å². The zero-order valence-electron chi connectivity index (χ0n) is 15.5. The van der Waals surface area contributed by atoms with Gasteiger partial charge in [-0.3, -0.25) is 4.79 Å². The van der Waals surface area contributed by atoms with Gasteiger partial charge in [0.05, 0.1) is 7.11 Å². The van der Waals surface area contributed by atoms with Crippen molar-refractivity contribution in [2.24, 2.45) is 7.05 Å². The topological polar surface area (TPSA) is 34.5 Å². The number of rotatable bonds is 8. The van der Waals surface area contributed by atoms with Crippen molar-refractivity contribution in [2.75, 3.05) is 26.7 Å². The fourth-order valence-corrected chi connectivity index (χ4v) is 3.68. The molecular formula is C21H29N2O2. The van der Waals surface area contributed by atoms with Crippen LogP contribution < -0.4 is 4.74 Å². The molecule has 4 heteroatoms. The number of benzene rings is 1. The fourth-order valence-electron chi connectivity index (χ4n) is 3.68. The van der Waals surface area contributed by atoms with Crippen molar-refractivity contribution in [3.05, 3.63) is 36.4 Å². The van der Waals surface area contributed by atoms with E-state index in [0.717, 1.165) is 35.1 Å². The summed E-state index contributed by atoms with van der Waals surface area (Å²) in [6.45, 7) is 3.58. The maximum absolute atomic E-state index is 12.7. The third-order valence-corrected chi connectivity index (χ3v) is 5.17. The first kappa shape index (κ1) is 18.0. The van der Waals surface area contributed by atoms with Crippen LogP contribution in [-0.4, -0.2) is 42.0 Å². The first-order valence-electron chi connectivity index (χ1n) is 9.39. The lowest BCUT2D eigenvalue weighted by molar-refractivity contribution is 0.0980. The van der Waals surface area contributed by atoms with Crippen molar-refractivity contribution in [1.29, 1.82) is 0 Å². The van der Waals surface area contributed by atoms with Gasteiger partial charge in [0.1, 0.15) is 5.75 Å². The Morgan fingerprint density at radius 2 is 1.96 bits per heavy atom. The third-order valence-electron chi connectivity index (χ3n) is 5.17. The van der Waals surface area contributed by atoms with Gasteiger partial charge in [-0.15, -0.1) is 0 Å². The molecule has 1 aromatic heterocycles. The minimum Gasteiger partial charge on any atom is -0.497 e. The Morgan fingerprint density at radius 3 is 2.72 bits per heavy atom. The molecule has 1 aromatic carbocycles. The average molecular weight is 341 g/mol. The molecule has 1 fully saturated rings. The molecule has 1 radical (unpaired) electrons. The highest BCUT2D eigenvalue weighted by molar-refractivity contribution is 6.08. The van der Waals surface area contributed by atoms with Crippen LogP contribution in [0.4, 0.5) is 0 Å². The number of ketones is 1. The number of Topliss-reactive ketones (excluding diaryl/α,β-unsaturated/α-hetero) is 1. The van der Waals surface area contributed by atoms with Gasteiger partial charge in [0.25, 0.3) is 0 Å². The van der Waals surface area contributed by atoms with Gasteiger partial charge in [0.15, 0.2) is 5.78 Å². The highest BCUT2D eigenvalue weighted by atomic mass is 16.5. The lowest BCUT2D eigenvalue weighted by Gasteiger charge is -2.26. The van der Waals surface area contributed by atoms with Gasteiger partial charge in [0.2, 0.25) is 0 Å². The molecule has 1 saturated heterocycles. The number of unbranched alkanes of at least 4 members (excludes halogenated alkanes) is 2. The number of hydrogen-bond donors (Lipinski definition) is 0. The minimum atomic E-state index is 0.242. The number of carbonyl (C=O) groups is 1. The predicted octanol–water partition coefficient (Wildman–Crippen LogP) is 4.23. The number of likely N-dealkylation sites (tertiary alicyclic amines) is 1. The molecule has 2 heterocycles. The van der Waals surface area contributed by atoms with E-state index in [1.807, 2.05) is 36.0 Å². The van der Waals surface area contributed by atoms with Crippen LogP contribution in [0.15, 0.2) is 24.4 Å². The molecule has 25 heavy (non-hydrogen) atoms. The Balaban J connectivity index is 1.52. The summed E-state index contributed by atoms with van der Waals surface area (Å²) in [7, 11) is 3.65. The minimum absolute atomic E-state index is 0.242. The van der Waals surface area contributed by atoms with E-state index in [9.17, 15) is 4.79 Å². The number of methoxy groups -OCH3 is 1. The molecule has 135 valence electrons. The molecule has 0 unspecified atom stereocenters. The Labute approximate surface area is 150 Å². The smallest absolute Gasteiger partial charge is 0.165 e. The van der Waals surface area contributed by atoms with Crippen LogP contribution in [0.2, 0.25) is 0 Å². The Kier molecular flexibility index (Phi) is 6.14. The van der Waals surface area contributed by atoms with Crippen molar-refractivity contribution < 1.29 is 9.53 Å². The number of aryl methyl sites for hydroxylation is 1. The van der Waals surface area contributed by atoms with Gasteiger partial charge < -0.3 is 14.2 Å². The average Bonchev–Trinajstić information content (AvgIpc) is 2.98. The fraction of sp³-hybridized carbons (Fsp3) is 0.524. The zero-order chi connectivity index (χ0) is 17.6. The molecule has 3 rings (SSSR count). The Bertz CT molecular complexity index is 714. The molecule has 0 amide bonds. The van der Waals surface area contributed by atoms with Crippen LogP contribution in [-0.2, 0) is 7.05 Å². The number of ether oxygens (including phenoxy) is 1. The van der Waals surface area contributed by atoms with Crippen LogP contribution in [0, 0.1) is 6.42 Å². The monoisotopic (exact) mass is 341 g/mol. The van der Waals surface area contributed by atoms with Crippen molar-refractivity contribution in [3.8, 4) is 5.75 Å². The van der Waals surface area contributed by atoms with E-state index >= 15 is 0 Å². The summed E-state index contributed by atoms with van der Waals surface area (Å²) in [5, 5.41) is 0.997. The summed E-state index contributed by atoms with van der Waals surface area (Å²) in [5.41, 5.74) is 1.90. The lowest BCUT2D eigenvalue weighted by atomic mass is 10.0. The highest BCUT2D eigenvalue weighted by Gasteiger charge is 2.15. The van der Waals surface area contributed by atoms with Crippen LogP contribution in [0.1, 0.15) is 48.9 Å². The number of carbonyl (C=O) groups excluding carboxylic acids is 1. The van der Waals surface area contributed by atoms with E-state index in [0.29, 0.717) is 6.42 Å². The summed E-state index contributed by atoms with van der Waals surface area (Å²) in [6, 6.07) is 5.92. The summed E-state index contributed by atoms with van der Waals surface area (Å²) in [4.78, 5) is 15.2. The zero-order valence-corrected chi connectivity index (χ0v) is 15.5. The van der Waals surface area contributed by atoms with Gasteiger partial charge in [-0.1, -0.05) is 6.42 Å². The summed E-state index contributed by atoms with van der Waals surface area (Å²) < 4.78 is 7.33. The van der Waals surface area contributed by atoms with Gasteiger partial charge in [-0.25, -0.2) is 0 Å². The number of fused-ring (bicyclic) bond motifs is 1. The second kappa shape index (κ2) is 8.52. The number of piperidine rings is 1. The predicted molar refractivity (Wildman–Crippen MR) is 102 cm³/mol. The van der Waals surface area contributed by atoms with Gasteiger partial charge in [0, 0.05) is 36.1 Å². The van der Waals surface area contributed by atoms with E-state index in [2.05, 4.69) is 11.3 Å². The Morgan fingerprint density at radius 1 is 1.16 bits per heavy atom. The first-order valence-corrected chi connectivity index (χ1v) is 9.39. The molecule has 1 aliphatic heterocycles. The third kappa shape index (κ3) is 4.43. The SMILES string of the molecule is COc1ccc2c(c1)c(C(=O)CCCCCN1CC[CH]CC1)cn2C. The van der Waals surface area contributed by atoms with Gasteiger partial charge in [-0.2, -0.15) is 0 Å². The molecule has 2 aromatic rings. The number of nitrogens with zero attached hydrogens (tertiary/aromatic N) is 2. The second-order valence-electron chi connectivity index (χ2n) is 6.98. The normalized spacial score (nSPS) is 15.6. The molecule has 0 saturated carbocycles. The van der Waals surface area contributed by atoms with Crippen molar-refractivity contribution >= 4 is 16.7 Å². The largest absolute Gasteiger partial charge is 0.497 e. The maximum Gasteiger partial charge on any atom is 0.165 e. The van der Waals surface area contributed by atoms with E-state index in [4.69, 9.17) is 4.74 Å². The number of hydrogen-bond acceptors (Lipinski definition) is 3. The number of aromatic nitrogens is 1. The van der Waals surface area contributed by atoms with E-state index in [-0.39, 0.29) is 5.78 Å². The molecule has 0 spiro atoms. The van der Waals surface area contributed by atoms with Crippen molar-refractivity contribution in [1.82, 2.24) is 9.47 Å². The quantitative estimate of drug-likeness (QED) is 0.532. The molecule has 0 N–H and O–H groups in total. The lowest BCUT2D eigenvalue weighted by Crippen LogP contribution is -2.30. The molecule has 0 bridgehead atoms. The van der Waals surface area contributed by atoms with E-state index in [1.54, 1.807) is 7.11 Å². The van der Waals surface area contributed by atoms with E-state index < -0.39 is 0 Å². The molecule has 0 aliphatic carbocycles. The molecular weight excluding hydrogens is 312 g/mol. The van der Waals surface area contributed by atoms with Crippen molar-refractivity contribution in [2.45, 2.75) is 38.5 Å². The van der Waals surface area contributed by atoms with E-state index in [1.165, 1.54) is 38.9 Å². The molecule has 1 aliphatic rings. The molecule has 0 atom stereocenters. The summed E-state index contributed by atoms with van der Waals surface area (Å²) >= 11 is 0. The van der Waals surface area contributed by atoms with Crippen LogP contribution in [0.5, 0.6) is 5.75 Å². The Hall–Kier alpha value is -1.81. The standard InChI is InChI=1S/C21H29N2O2/c1-22-16-19(18-15-17(25-2)10-11-20(18)22)21(24)9-5-3-6-12-23-13-7-4-8-14-23/h4,10-11,15-16H,3,5-9,12-14H2,1-2H3.